The third-order valence-electron chi connectivity index (χ3n) is 9.53. The molecule has 0 bridgehead atoms. The third-order valence-corrected chi connectivity index (χ3v) is 9.53. The van der Waals surface area contributed by atoms with E-state index in [0.29, 0.717) is 12.8 Å². The molecule has 0 aliphatic carbocycles. The number of hydrogen-bond donors (Lipinski definition) is 4. The second kappa shape index (κ2) is 37.6. The number of carbonyl (C=O) groups excluding carboxylic acids is 1. The van der Waals surface area contributed by atoms with Crippen molar-refractivity contribution in [1.29, 1.82) is 0 Å². The van der Waals surface area contributed by atoms with Gasteiger partial charge in [-0.2, -0.15) is 0 Å². The molecule has 1 amide bonds. The van der Waals surface area contributed by atoms with E-state index < -0.39 is 18.2 Å². The maximum absolute atomic E-state index is 12.4. The van der Waals surface area contributed by atoms with E-state index in [1.807, 2.05) is 0 Å². The van der Waals surface area contributed by atoms with Crippen molar-refractivity contribution < 1.29 is 20.1 Å². The SMILES string of the molecule is CCCCCCCCCC/C=C/CCCC(O)C(O)C(CO)NC(=O)CCCCCCCCC/C=C\CCCCCCCCCCC. The van der Waals surface area contributed by atoms with Crippen molar-refractivity contribution in [3.8, 4) is 0 Å². The maximum atomic E-state index is 12.4. The Balaban J connectivity index is 3.67. The van der Waals surface area contributed by atoms with Gasteiger partial charge in [-0.1, -0.05) is 167 Å². The maximum Gasteiger partial charge on any atom is 0.220 e. The molecule has 4 N–H and O–H groups in total. The predicted molar refractivity (Wildman–Crippen MR) is 204 cm³/mol. The highest BCUT2D eigenvalue weighted by Gasteiger charge is 2.26. The van der Waals surface area contributed by atoms with Crippen LogP contribution >= 0.6 is 0 Å². The zero-order valence-electron chi connectivity index (χ0n) is 31.4. The normalized spacial score (nSPS) is 13.9. The molecule has 0 aromatic rings. The topological polar surface area (TPSA) is 89.8 Å². The van der Waals surface area contributed by atoms with Crippen LogP contribution in [0.1, 0.15) is 213 Å². The molecule has 0 aliphatic rings. The molecule has 3 atom stereocenters. The van der Waals surface area contributed by atoms with Crippen LogP contribution in [0.2, 0.25) is 0 Å². The van der Waals surface area contributed by atoms with Crippen molar-refractivity contribution in [3.63, 3.8) is 0 Å². The zero-order chi connectivity index (χ0) is 34.5. The van der Waals surface area contributed by atoms with E-state index in [1.165, 1.54) is 148 Å². The number of amides is 1. The zero-order valence-corrected chi connectivity index (χ0v) is 31.4. The van der Waals surface area contributed by atoms with E-state index in [1.54, 1.807) is 0 Å². The summed E-state index contributed by atoms with van der Waals surface area (Å²) in [5.41, 5.74) is 0. The van der Waals surface area contributed by atoms with Crippen LogP contribution in [0, 0.1) is 0 Å². The van der Waals surface area contributed by atoms with Gasteiger partial charge in [-0.3, -0.25) is 4.79 Å². The molecule has 0 aromatic heterocycles. The second-order valence-corrected chi connectivity index (χ2v) is 14.2. The Hall–Kier alpha value is -1.17. The van der Waals surface area contributed by atoms with Crippen molar-refractivity contribution >= 4 is 5.91 Å². The number of rotatable bonds is 37. The average molecular weight is 664 g/mol. The molecular weight excluding hydrogens is 582 g/mol. The molecule has 0 rings (SSSR count). The molecule has 0 saturated heterocycles. The summed E-state index contributed by atoms with van der Waals surface area (Å²) >= 11 is 0. The Morgan fingerprint density at radius 3 is 1.23 bits per heavy atom. The van der Waals surface area contributed by atoms with Crippen LogP contribution in [0.5, 0.6) is 0 Å². The van der Waals surface area contributed by atoms with Crippen molar-refractivity contribution in [2.24, 2.45) is 0 Å². The first kappa shape index (κ1) is 45.8. The van der Waals surface area contributed by atoms with Crippen LogP contribution in [0.3, 0.4) is 0 Å². The van der Waals surface area contributed by atoms with E-state index >= 15 is 0 Å². The third kappa shape index (κ3) is 33.1. The van der Waals surface area contributed by atoms with Gasteiger partial charge in [0.25, 0.3) is 0 Å². The monoisotopic (exact) mass is 664 g/mol. The van der Waals surface area contributed by atoms with Crippen LogP contribution < -0.4 is 5.32 Å². The highest BCUT2D eigenvalue weighted by molar-refractivity contribution is 5.76. The fourth-order valence-electron chi connectivity index (χ4n) is 6.27. The van der Waals surface area contributed by atoms with Crippen LogP contribution in [-0.4, -0.2) is 46.1 Å². The number of allylic oxidation sites excluding steroid dienone is 4. The van der Waals surface area contributed by atoms with Gasteiger partial charge >= 0.3 is 0 Å². The van der Waals surface area contributed by atoms with E-state index in [0.717, 1.165) is 38.5 Å². The highest BCUT2D eigenvalue weighted by Crippen LogP contribution is 2.14. The molecule has 0 aliphatic heterocycles. The Morgan fingerprint density at radius 2 is 0.851 bits per heavy atom. The molecule has 5 nitrogen and oxygen atoms in total. The van der Waals surface area contributed by atoms with Gasteiger partial charge in [0.2, 0.25) is 5.91 Å². The number of carbonyl (C=O) groups is 1. The molecule has 0 spiro atoms. The Morgan fingerprint density at radius 1 is 0.511 bits per heavy atom. The molecule has 0 saturated carbocycles. The van der Waals surface area contributed by atoms with Crippen LogP contribution in [0.4, 0.5) is 0 Å². The van der Waals surface area contributed by atoms with E-state index in [9.17, 15) is 20.1 Å². The highest BCUT2D eigenvalue weighted by atomic mass is 16.3. The minimum Gasteiger partial charge on any atom is -0.394 e. The van der Waals surface area contributed by atoms with Crippen LogP contribution in [0.15, 0.2) is 24.3 Å². The summed E-state index contributed by atoms with van der Waals surface area (Å²) in [6.45, 7) is 4.15. The van der Waals surface area contributed by atoms with E-state index in [2.05, 4.69) is 43.5 Å². The molecule has 0 fully saturated rings. The molecule has 278 valence electrons. The molecule has 3 unspecified atom stereocenters. The average Bonchev–Trinajstić information content (AvgIpc) is 3.07. The fraction of sp³-hybridized carbons (Fsp3) is 0.881. The Bertz CT molecular complexity index is 694. The lowest BCUT2D eigenvalue weighted by molar-refractivity contribution is -0.124. The minimum atomic E-state index is -1.16. The predicted octanol–water partition coefficient (Wildman–Crippen LogP) is 11.4. The molecule has 5 heteroatoms. The van der Waals surface area contributed by atoms with Gasteiger partial charge in [0.15, 0.2) is 0 Å². The van der Waals surface area contributed by atoms with Crippen molar-refractivity contribution in [3.05, 3.63) is 24.3 Å². The van der Waals surface area contributed by atoms with Crippen molar-refractivity contribution in [2.75, 3.05) is 6.61 Å². The smallest absolute Gasteiger partial charge is 0.220 e. The van der Waals surface area contributed by atoms with Crippen LogP contribution in [-0.2, 0) is 4.79 Å². The molecule has 0 heterocycles. The summed E-state index contributed by atoms with van der Waals surface area (Å²) in [4.78, 5) is 12.4. The van der Waals surface area contributed by atoms with Gasteiger partial charge in [-0.15, -0.1) is 0 Å². The van der Waals surface area contributed by atoms with Gasteiger partial charge in [-0.25, -0.2) is 0 Å². The number of unbranched alkanes of at least 4 members (excludes halogenated alkanes) is 25. The van der Waals surface area contributed by atoms with Crippen molar-refractivity contribution in [1.82, 2.24) is 5.32 Å². The lowest BCUT2D eigenvalue weighted by Gasteiger charge is -2.26. The number of aliphatic hydroxyl groups is 3. The second-order valence-electron chi connectivity index (χ2n) is 14.2. The standard InChI is InChI=1S/C42H81NO4/c1-3-5-7-9-11-13-15-17-18-19-20-21-22-23-25-27-29-31-33-35-37-41(46)43-39(38-44)42(47)40(45)36-34-32-30-28-26-24-16-14-12-10-8-6-4-2/h20-21,28,30,39-40,42,44-45,47H,3-19,22-27,29,31-38H2,1-2H3,(H,43,46)/b21-20-,30-28+. The van der Waals surface area contributed by atoms with Gasteiger partial charge < -0.3 is 20.6 Å². The molecule has 47 heavy (non-hydrogen) atoms. The van der Waals surface area contributed by atoms with Gasteiger partial charge in [-0.05, 0) is 64.2 Å². The fourth-order valence-corrected chi connectivity index (χ4v) is 6.27. The summed E-state index contributed by atoms with van der Waals surface area (Å²) in [5.74, 6) is -0.159. The Kier molecular flexibility index (Phi) is 36.7. The minimum absolute atomic E-state index is 0.159. The largest absolute Gasteiger partial charge is 0.394 e. The lowest BCUT2D eigenvalue weighted by atomic mass is 10.0. The first-order valence-electron chi connectivity index (χ1n) is 20.6. The summed E-state index contributed by atoms with van der Waals surface area (Å²) in [5, 5.41) is 33.4. The molecular formula is C42H81NO4. The van der Waals surface area contributed by atoms with Gasteiger partial charge in [0.1, 0.15) is 6.10 Å². The van der Waals surface area contributed by atoms with E-state index in [-0.39, 0.29) is 12.5 Å². The van der Waals surface area contributed by atoms with E-state index in [4.69, 9.17) is 0 Å². The first-order valence-corrected chi connectivity index (χ1v) is 20.6. The quantitative estimate of drug-likeness (QED) is 0.0393. The Labute approximate surface area is 292 Å². The van der Waals surface area contributed by atoms with Crippen LogP contribution in [0.25, 0.3) is 0 Å². The number of nitrogens with one attached hydrogen (secondary N) is 1. The summed E-state index contributed by atoms with van der Waals surface area (Å²) in [6.07, 6.45) is 44.2. The first-order chi connectivity index (χ1) is 23.1. The summed E-state index contributed by atoms with van der Waals surface area (Å²) in [7, 11) is 0. The van der Waals surface area contributed by atoms with Gasteiger partial charge in [0.05, 0.1) is 18.8 Å². The van der Waals surface area contributed by atoms with Crippen molar-refractivity contribution in [2.45, 2.75) is 231 Å². The van der Waals surface area contributed by atoms with Gasteiger partial charge in [0, 0.05) is 6.42 Å². The molecule has 0 radical (unpaired) electrons. The lowest BCUT2D eigenvalue weighted by Crippen LogP contribution is -2.50. The number of aliphatic hydroxyl groups excluding tert-OH is 3. The molecule has 0 aromatic carbocycles. The summed E-state index contributed by atoms with van der Waals surface area (Å²) in [6, 6.07) is -0.825. The summed E-state index contributed by atoms with van der Waals surface area (Å²) < 4.78 is 0. The number of hydrogen-bond acceptors (Lipinski definition) is 4.